The van der Waals surface area contributed by atoms with Gasteiger partial charge in [-0.25, -0.2) is 15.8 Å². The lowest BCUT2D eigenvalue weighted by atomic mass is 10.3. The number of nitrogen functional groups attached to an aromatic ring is 1. The van der Waals surface area contributed by atoms with E-state index in [2.05, 4.69) is 20.7 Å². The van der Waals surface area contributed by atoms with E-state index in [-0.39, 0.29) is 6.04 Å². The van der Waals surface area contributed by atoms with Gasteiger partial charge in [0, 0.05) is 25.0 Å². The van der Waals surface area contributed by atoms with E-state index in [4.69, 9.17) is 10.6 Å². The highest BCUT2D eigenvalue weighted by Gasteiger charge is 2.10. The Morgan fingerprint density at radius 2 is 2.39 bits per heavy atom. The van der Waals surface area contributed by atoms with Gasteiger partial charge < -0.3 is 19.9 Å². The third kappa shape index (κ3) is 2.69. The van der Waals surface area contributed by atoms with Crippen LogP contribution in [0, 0.1) is 0 Å². The first-order valence-corrected chi connectivity index (χ1v) is 5.89. The molecule has 2 aromatic rings. The molecule has 18 heavy (non-hydrogen) atoms. The lowest BCUT2D eigenvalue weighted by Crippen LogP contribution is -2.23. The number of ether oxygens (including phenoxy) is 1. The van der Waals surface area contributed by atoms with E-state index in [9.17, 15) is 0 Å². The van der Waals surface area contributed by atoms with Gasteiger partial charge in [-0.05, 0) is 13.8 Å². The maximum absolute atomic E-state index is 5.39. The van der Waals surface area contributed by atoms with Gasteiger partial charge in [-0.15, -0.1) is 0 Å². The minimum Gasteiger partial charge on any atom is -0.380 e. The van der Waals surface area contributed by atoms with Gasteiger partial charge in [0.2, 0.25) is 0 Å². The second-order valence-corrected chi connectivity index (χ2v) is 3.98. The Kier molecular flexibility index (Phi) is 3.96. The van der Waals surface area contributed by atoms with Gasteiger partial charge in [-0.3, -0.25) is 0 Å². The van der Waals surface area contributed by atoms with Crippen LogP contribution >= 0.6 is 0 Å². The van der Waals surface area contributed by atoms with Crippen molar-refractivity contribution in [1.82, 2.24) is 14.4 Å². The van der Waals surface area contributed by atoms with Crippen LogP contribution < -0.4 is 16.6 Å². The summed E-state index contributed by atoms with van der Waals surface area (Å²) in [5.41, 5.74) is 3.30. The molecule has 2 rings (SSSR count). The van der Waals surface area contributed by atoms with Crippen LogP contribution in [0.25, 0.3) is 5.65 Å². The van der Waals surface area contributed by atoms with Crippen molar-refractivity contribution in [3.05, 3.63) is 18.6 Å². The Morgan fingerprint density at radius 3 is 3.11 bits per heavy atom. The minimum atomic E-state index is 0.144. The maximum atomic E-state index is 5.39. The van der Waals surface area contributed by atoms with Crippen molar-refractivity contribution in [2.45, 2.75) is 19.9 Å². The molecule has 7 nitrogen and oxygen atoms in total. The number of anilines is 2. The van der Waals surface area contributed by atoms with Crippen molar-refractivity contribution in [2.75, 3.05) is 24.0 Å². The fourth-order valence-corrected chi connectivity index (χ4v) is 1.67. The summed E-state index contributed by atoms with van der Waals surface area (Å²) in [4.78, 5) is 8.61. The molecule has 0 bridgehead atoms. The molecule has 0 spiro atoms. The molecule has 0 aromatic carbocycles. The zero-order valence-electron chi connectivity index (χ0n) is 10.6. The molecule has 1 atom stereocenters. The van der Waals surface area contributed by atoms with E-state index in [0.29, 0.717) is 24.8 Å². The standard InChI is InChI=1S/C11H18N6O/c1-3-18-7-8(2)14-10-11-13-4-5-17(11)6-9(15-10)16-12/h4-6,8,16H,3,7,12H2,1-2H3,(H,14,15). The summed E-state index contributed by atoms with van der Waals surface area (Å²) in [5, 5.41) is 3.27. The number of nitrogens with one attached hydrogen (secondary N) is 2. The molecule has 1 unspecified atom stereocenters. The molecular weight excluding hydrogens is 232 g/mol. The first-order chi connectivity index (χ1) is 8.74. The van der Waals surface area contributed by atoms with Crippen LogP contribution in [0.4, 0.5) is 11.6 Å². The highest BCUT2D eigenvalue weighted by molar-refractivity contribution is 5.65. The predicted octanol–water partition coefficient (Wildman–Crippen LogP) is 0.852. The van der Waals surface area contributed by atoms with Crippen LogP contribution in [0.1, 0.15) is 13.8 Å². The van der Waals surface area contributed by atoms with Gasteiger partial charge in [0.05, 0.1) is 12.8 Å². The van der Waals surface area contributed by atoms with E-state index < -0.39 is 0 Å². The minimum absolute atomic E-state index is 0.144. The summed E-state index contributed by atoms with van der Waals surface area (Å²) < 4.78 is 7.22. The van der Waals surface area contributed by atoms with E-state index >= 15 is 0 Å². The van der Waals surface area contributed by atoms with Gasteiger partial charge in [0.1, 0.15) is 0 Å². The van der Waals surface area contributed by atoms with Gasteiger partial charge in [0.25, 0.3) is 0 Å². The van der Waals surface area contributed by atoms with E-state index in [1.165, 1.54) is 0 Å². The van der Waals surface area contributed by atoms with Crippen molar-refractivity contribution in [1.29, 1.82) is 0 Å². The fraction of sp³-hybridized carbons (Fsp3) is 0.455. The third-order valence-corrected chi connectivity index (χ3v) is 2.48. The largest absolute Gasteiger partial charge is 0.380 e. The Morgan fingerprint density at radius 1 is 1.56 bits per heavy atom. The number of rotatable bonds is 6. The summed E-state index contributed by atoms with van der Waals surface area (Å²) >= 11 is 0. The SMILES string of the molecule is CCOCC(C)Nc1nc(NN)cn2ccnc12. The lowest BCUT2D eigenvalue weighted by Gasteiger charge is -2.15. The second-order valence-electron chi connectivity index (χ2n) is 3.98. The molecule has 0 saturated heterocycles. The van der Waals surface area contributed by atoms with Crippen molar-refractivity contribution in [3.63, 3.8) is 0 Å². The normalized spacial score (nSPS) is 12.6. The molecule has 98 valence electrons. The van der Waals surface area contributed by atoms with Crippen molar-refractivity contribution in [3.8, 4) is 0 Å². The molecule has 2 heterocycles. The summed E-state index contributed by atoms with van der Waals surface area (Å²) in [6.07, 6.45) is 5.34. The second kappa shape index (κ2) is 5.65. The number of hydrogen-bond donors (Lipinski definition) is 3. The molecule has 4 N–H and O–H groups in total. The van der Waals surface area contributed by atoms with Crippen molar-refractivity contribution < 1.29 is 4.74 Å². The zero-order valence-corrected chi connectivity index (χ0v) is 10.6. The summed E-state index contributed by atoms with van der Waals surface area (Å²) in [6.45, 7) is 5.31. The van der Waals surface area contributed by atoms with Crippen LogP contribution in [0.15, 0.2) is 18.6 Å². The number of hydrazine groups is 1. The molecular formula is C11H18N6O. The van der Waals surface area contributed by atoms with E-state index in [0.717, 1.165) is 5.65 Å². The summed E-state index contributed by atoms with van der Waals surface area (Å²) in [6, 6.07) is 0.144. The molecule has 0 saturated carbocycles. The molecule has 0 amide bonds. The quantitative estimate of drug-likeness (QED) is 0.520. The molecule has 0 fully saturated rings. The number of hydrogen-bond acceptors (Lipinski definition) is 6. The highest BCUT2D eigenvalue weighted by Crippen LogP contribution is 2.16. The molecule has 0 aliphatic rings. The van der Waals surface area contributed by atoms with E-state index in [1.807, 2.05) is 24.4 Å². The molecule has 0 aliphatic carbocycles. The van der Waals surface area contributed by atoms with Gasteiger partial charge >= 0.3 is 0 Å². The zero-order chi connectivity index (χ0) is 13.0. The van der Waals surface area contributed by atoms with Crippen LogP contribution in [-0.4, -0.2) is 33.6 Å². The van der Waals surface area contributed by atoms with Crippen molar-refractivity contribution >= 4 is 17.3 Å². The topological polar surface area (TPSA) is 89.5 Å². The number of aromatic nitrogens is 3. The molecule has 0 aliphatic heterocycles. The van der Waals surface area contributed by atoms with Gasteiger partial charge in [-0.2, -0.15) is 0 Å². The molecule has 7 heteroatoms. The van der Waals surface area contributed by atoms with Gasteiger partial charge in [0.15, 0.2) is 17.3 Å². The first kappa shape index (κ1) is 12.6. The van der Waals surface area contributed by atoms with Crippen LogP contribution in [0.5, 0.6) is 0 Å². The van der Waals surface area contributed by atoms with Crippen LogP contribution in [0.2, 0.25) is 0 Å². The Labute approximate surface area is 105 Å². The first-order valence-electron chi connectivity index (χ1n) is 5.89. The number of nitrogens with two attached hydrogens (primary N) is 1. The Bertz CT molecular complexity index is 511. The lowest BCUT2D eigenvalue weighted by molar-refractivity contribution is 0.141. The number of nitrogens with zero attached hydrogens (tertiary/aromatic N) is 3. The van der Waals surface area contributed by atoms with Crippen LogP contribution in [0.3, 0.4) is 0 Å². The average Bonchev–Trinajstić information content (AvgIpc) is 2.84. The third-order valence-electron chi connectivity index (χ3n) is 2.48. The monoisotopic (exact) mass is 250 g/mol. The molecule has 2 aromatic heterocycles. The number of imidazole rings is 1. The maximum Gasteiger partial charge on any atom is 0.180 e. The molecule has 0 radical (unpaired) electrons. The summed E-state index contributed by atoms with van der Waals surface area (Å²) in [5.74, 6) is 6.65. The van der Waals surface area contributed by atoms with Gasteiger partial charge in [-0.1, -0.05) is 0 Å². The summed E-state index contributed by atoms with van der Waals surface area (Å²) in [7, 11) is 0. The van der Waals surface area contributed by atoms with E-state index in [1.54, 1.807) is 12.4 Å². The average molecular weight is 250 g/mol. The fourth-order valence-electron chi connectivity index (χ4n) is 1.67. The highest BCUT2D eigenvalue weighted by atomic mass is 16.5. The van der Waals surface area contributed by atoms with Crippen LogP contribution in [-0.2, 0) is 4.74 Å². The van der Waals surface area contributed by atoms with Crippen molar-refractivity contribution in [2.24, 2.45) is 5.84 Å². The predicted molar refractivity (Wildman–Crippen MR) is 70.4 cm³/mol. The number of fused-ring (bicyclic) bond motifs is 1. The smallest absolute Gasteiger partial charge is 0.180 e. The Hall–Kier alpha value is -1.86. The Balaban J connectivity index is 2.22.